The van der Waals surface area contributed by atoms with Crippen LogP contribution >= 0.6 is 0 Å². The van der Waals surface area contributed by atoms with E-state index < -0.39 is 5.60 Å². The van der Waals surface area contributed by atoms with Gasteiger partial charge in [-0.25, -0.2) is 9.18 Å². The summed E-state index contributed by atoms with van der Waals surface area (Å²) in [4.78, 5) is 11.9. The fraction of sp³-hybridized carbons (Fsp3) is 0.353. The standard InChI is InChI=1S/C17H19FN2O3/c18-13-5-3-12(4-6-13)10-19-16(21)20-11-17(22)8-1-2-15-14(17)7-9-23-15/h3-7,9,22H,1-2,8,10-11H2,(H2,19,20,21). The lowest BCUT2D eigenvalue weighted by Gasteiger charge is -2.31. The molecule has 3 N–H and O–H groups in total. The number of urea groups is 1. The Balaban J connectivity index is 1.52. The predicted octanol–water partition coefficient (Wildman–Crippen LogP) is 2.44. The molecule has 23 heavy (non-hydrogen) atoms. The minimum Gasteiger partial charge on any atom is -0.469 e. The molecular weight excluding hydrogens is 299 g/mol. The average Bonchev–Trinajstić information content (AvgIpc) is 3.03. The van der Waals surface area contributed by atoms with Crippen LogP contribution in [0.1, 0.15) is 29.7 Å². The summed E-state index contributed by atoms with van der Waals surface area (Å²) in [7, 11) is 0. The van der Waals surface area contributed by atoms with Gasteiger partial charge in [-0.15, -0.1) is 0 Å². The monoisotopic (exact) mass is 318 g/mol. The maximum atomic E-state index is 12.8. The average molecular weight is 318 g/mol. The Bertz CT molecular complexity index is 683. The second kappa shape index (κ2) is 6.42. The van der Waals surface area contributed by atoms with Crippen LogP contribution in [0.15, 0.2) is 41.0 Å². The molecule has 0 spiro atoms. The molecule has 0 fully saturated rings. The number of aliphatic hydroxyl groups is 1. The van der Waals surface area contributed by atoms with Crippen molar-refractivity contribution in [1.82, 2.24) is 10.6 Å². The number of nitrogens with one attached hydrogen (secondary N) is 2. The SMILES string of the molecule is O=C(NCc1ccc(F)cc1)NCC1(O)CCCc2occc21. The highest BCUT2D eigenvalue weighted by Gasteiger charge is 2.36. The van der Waals surface area contributed by atoms with Crippen molar-refractivity contribution < 1.29 is 18.7 Å². The molecule has 1 unspecified atom stereocenters. The third-order valence-corrected chi connectivity index (χ3v) is 4.15. The molecule has 1 aromatic heterocycles. The van der Waals surface area contributed by atoms with Crippen LogP contribution in [-0.4, -0.2) is 17.7 Å². The maximum Gasteiger partial charge on any atom is 0.315 e. The van der Waals surface area contributed by atoms with Crippen LogP contribution in [-0.2, 0) is 18.6 Å². The van der Waals surface area contributed by atoms with Crippen molar-refractivity contribution in [2.75, 3.05) is 6.54 Å². The highest BCUT2D eigenvalue weighted by Crippen LogP contribution is 2.35. The van der Waals surface area contributed by atoms with Crippen LogP contribution in [0.3, 0.4) is 0 Å². The lowest BCUT2D eigenvalue weighted by Crippen LogP contribution is -2.45. The topological polar surface area (TPSA) is 74.5 Å². The van der Waals surface area contributed by atoms with Gasteiger partial charge in [-0.05, 0) is 36.6 Å². The third-order valence-electron chi connectivity index (χ3n) is 4.15. The first-order valence-corrected chi connectivity index (χ1v) is 7.62. The van der Waals surface area contributed by atoms with Gasteiger partial charge in [0.1, 0.15) is 17.2 Å². The molecule has 122 valence electrons. The molecule has 3 rings (SSSR count). The Hall–Kier alpha value is -2.34. The smallest absolute Gasteiger partial charge is 0.315 e. The molecule has 0 aliphatic heterocycles. The summed E-state index contributed by atoms with van der Waals surface area (Å²) in [6.07, 6.45) is 3.77. The summed E-state index contributed by atoms with van der Waals surface area (Å²) in [6.45, 7) is 0.413. The van der Waals surface area contributed by atoms with Gasteiger partial charge in [0, 0.05) is 18.5 Å². The quantitative estimate of drug-likeness (QED) is 0.810. The number of carbonyl (C=O) groups is 1. The molecule has 2 aromatic rings. The molecule has 0 radical (unpaired) electrons. The first-order chi connectivity index (χ1) is 11.1. The van der Waals surface area contributed by atoms with Gasteiger partial charge in [-0.1, -0.05) is 12.1 Å². The second-order valence-corrected chi connectivity index (χ2v) is 5.81. The van der Waals surface area contributed by atoms with Crippen molar-refractivity contribution in [1.29, 1.82) is 0 Å². The lowest BCUT2D eigenvalue weighted by atomic mass is 9.83. The molecule has 0 saturated heterocycles. The van der Waals surface area contributed by atoms with Gasteiger partial charge in [0.25, 0.3) is 0 Å². The van der Waals surface area contributed by atoms with Gasteiger partial charge >= 0.3 is 6.03 Å². The number of fused-ring (bicyclic) bond motifs is 1. The molecule has 1 aliphatic rings. The van der Waals surface area contributed by atoms with E-state index in [0.29, 0.717) is 13.0 Å². The highest BCUT2D eigenvalue weighted by molar-refractivity contribution is 5.74. The zero-order chi connectivity index (χ0) is 16.3. The minimum atomic E-state index is -1.09. The van der Waals surface area contributed by atoms with Gasteiger partial charge in [0.2, 0.25) is 0 Å². The number of hydrogen-bond acceptors (Lipinski definition) is 3. The van der Waals surface area contributed by atoms with E-state index in [0.717, 1.165) is 29.7 Å². The van der Waals surface area contributed by atoms with Crippen molar-refractivity contribution in [3.05, 3.63) is 59.3 Å². The van der Waals surface area contributed by atoms with Gasteiger partial charge in [-0.2, -0.15) is 0 Å². The van der Waals surface area contributed by atoms with Crippen molar-refractivity contribution in [2.45, 2.75) is 31.4 Å². The first kappa shape index (κ1) is 15.6. The molecule has 0 saturated carbocycles. The van der Waals surface area contributed by atoms with Crippen LogP contribution in [0.25, 0.3) is 0 Å². The number of amides is 2. The molecule has 6 heteroatoms. The number of carbonyl (C=O) groups excluding carboxylic acids is 1. The highest BCUT2D eigenvalue weighted by atomic mass is 19.1. The lowest BCUT2D eigenvalue weighted by molar-refractivity contribution is 0.0195. The van der Waals surface area contributed by atoms with E-state index in [1.807, 2.05) is 0 Å². The zero-order valence-electron chi connectivity index (χ0n) is 12.6. The summed E-state index contributed by atoms with van der Waals surface area (Å²) in [5, 5.41) is 16.1. The summed E-state index contributed by atoms with van der Waals surface area (Å²) < 4.78 is 18.2. The van der Waals surface area contributed by atoms with Crippen molar-refractivity contribution in [3.8, 4) is 0 Å². The molecule has 1 aromatic carbocycles. The Morgan fingerprint density at radius 1 is 1.26 bits per heavy atom. The van der Waals surface area contributed by atoms with Gasteiger partial charge < -0.3 is 20.2 Å². The van der Waals surface area contributed by atoms with Gasteiger partial charge in [0.05, 0.1) is 12.8 Å². The van der Waals surface area contributed by atoms with Gasteiger partial charge in [-0.3, -0.25) is 0 Å². The molecular formula is C17H19FN2O3. The summed E-state index contributed by atoms with van der Waals surface area (Å²) in [5.74, 6) is 0.473. The molecule has 2 amide bonds. The second-order valence-electron chi connectivity index (χ2n) is 5.81. The number of benzene rings is 1. The van der Waals surface area contributed by atoms with E-state index in [1.54, 1.807) is 24.5 Å². The van der Waals surface area contributed by atoms with Crippen LogP contribution in [0.2, 0.25) is 0 Å². The minimum absolute atomic E-state index is 0.120. The Kier molecular flexibility index (Phi) is 4.34. The largest absolute Gasteiger partial charge is 0.469 e. The van der Waals surface area contributed by atoms with Crippen molar-refractivity contribution in [2.24, 2.45) is 0 Å². The van der Waals surface area contributed by atoms with Crippen molar-refractivity contribution >= 4 is 6.03 Å². The fourth-order valence-corrected chi connectivity index (χ4v) is 2.88. The first-order valence-electron chi connectivity index (χ1n) is 7.62. The number of furan rings is 1. The third kappa shape index (κ3) is 3.53. The van der Waals surface area contributed by atoms with Crippen LogP contribution in [0.5, 0.6) is 0 Å². The fourth-order valence-electron chi connectivity index (χ4n) is 2.88. The van der Waals surface area contributed by atoms with E-state index in [-0.39, 0.29) is 18.4 Å². The Labute approximate surface area is 133 Å². The van der Waals surface area contributed by atoms with Crippen LogP contribution in [0, 0.1) is 5.82 Å². The molecule has 1 heterocycles. The number of hydrogen-bond donors (Lipinski definition) is 3. The Morgan fingerprint density at radius 2 is 2.04 bits per heavy atom. The maximum absolute atomic E-state index is 12.8. The summed E-state index contributed by atoms with van der Waals surface area (Å²) >= 11 is 0. The van der Waals surface area contributed by atoms with E-state index >= 15 is 0 Å². The van der Waals surface area contributed by atoms with Crippen LogP contribution < -0.4 is 10.6 Å². The van der Waals surface area contributed by atoms with E-state index in [2.05, 4.69) is 10.6 Å². The van der Waals surface area contributed by atoms with Crippen LogP contribution in [0.4, 0.5) is 9.18 Å². The Morgan fingerprint density at radius 3 is 2.83 bits per heavy atom. The molecule has 5 nitrogen and oxygen atoms in total. The van der Waals surface area contributed by atoms with E-state index in [1.165, 1.54) is 12.1 Å². The molecule has 1 aliphatic carbocycles. The summed E-state index contributed by atoms with van der Waals surface area (Å²) in [5.41, 5.74) is 0.464. The summed E-state index contributed by atoms with van der Waals surface area (Å²) in [6, 6.07) is 7.30. The zero-order valence-corrected chi connectivity index (χ0v) is 12.6. The normalized spacial score (nSPS) is 19.9. The molecule has 1 atom stereocenters. The van der Waals surface area contributed by atoms with E-state index in [9.17, 15) is 14.3 Å². The molecule has 0 bridgehead atoms. The van der Waals surface area contributed by atoms with E-state index in [4.69, 9.17) is 4.42 Å². The van der Waals surface area contributed by atoms with Gasteiger partial charge in [0.15, 0.2) is 0 Å². The predicted molar refractivity (Wildman–Crippen MR) is 82.2 cm³/mol. The number of rotatable bonds is 4. The number of halogens is 1. The van der Waals surface area contributed by atoms with Crippen molar-refractivity contribution in [3.63, 3.8) is 0 Å². The number of aryl methyl sites for hydroxylation is 1.